The fourth-order valence-corrected chi connectivity index (χ4v) is 1.83. The van der Waals surface area contributed by atoms with Gasteiger partial charge in [-0.1, -0.05) is 17.8 Å². The van der Waals surface area contributed by atoms with Crippen molar-refractivity contribution in [1.82, 2.24) is 14.8 Å². The molecule has 0 N–H and O–H groups in total. The molecule has 0 aliphatic heterocycles. The van der Waals surface area contributed by atoms with Crippen LogP contribution in [-0.4, -0.2) is 33.2 Å². The molecule has 0 aliphatic carbocycles. The Kier molecular flexibility index (Phi) is 5.85. The summed E-state index contributed by atoms with van der Waals surface area (Å²) in [6.07, 6.45) is 2.52. The zero-order chi connectivity index (χ0) is 16.7. The van der Waals surface area contributed by atoms with E-state index in [1.165, 1.54) is 18.7 Å². The van der Waals surface area contributed by atoms with Crippen molar-refractivity contribution in [2.75, 3.05) is 6.61 Å². The Morgan fingerprint density at radius 1 is 1.39 bits per heavy atom. The molecule has 1 aromatic heterocycles. The fraction of sp³-hybridized carbons (Fsp3) is 0.312. The third-order valence-corrected chi connectivity index (χ3v) is 2.77. The predicted molar refractivity (Wildman–Crippen MR) is 85.1 cm³/mol. The van der Waals surface area contributed by atoms with Crippen LogP contribution in [0.25, 0.3) is 0 Å². The van der Waals surface area contributed by atoms with E-state index in [9.17, 15) is 4.39 Å². The molecule has 7 heteroatoms. The Bertz CT molecular complexity index is 639. The van der Waals surface area contributed by atoms with E-state index in [2.05, 4.69) is 21.8 Å². The van der Waals surface area contributed by atoms with Crippen molar-refractivity contribution < 1.29 is 14.0 Å². The topological polar surface area (TPSA) is 61.5 Å². The number of benzene rings is 1. The summed E-state index contributed by atoms with van der Waals surface area (Å²) in [5, 5.41) is 7.67. The van der Waals surface area contributed by atoms with Gasteiger partial charge in [0.25, 0.3) is 0 Å². The number of oxime groups is 1. The molecule has 1 atom stereocenters. The van der Waals surface area contributed by atoms with Crippen LogP contribution >= 0.6 is 0 Å². The van der Waals surface area contributed by atoms with Crippen molar-refractivity contribution in [3.63, 3.8) is 0 Å². The van der Waals surface area contributed by atoms with E-state index in [1.54, 1.807) is 24.3 Å². The molecule has 0 bridgehead atoms. The zero-order valence-corrected chi connectivity index (χ0v) is 13.1. The summed E-state index contributed by atoms with van der Waals surface area (Å²) in [6.45, 7) is 7.59. The van der Waals surface area contributed by atoms with Crippen LogP contribution in [0, 0.1) is 0 Å². The maximum absolute atomic E-state index is 14.6. The highest BCUT2D eigenvalue weighted by molar-refractivity contribution is 6.02. The number of alkyl halides is 1. The zero-order valence-electron chi connectivity index (χ0n) is 13.1. The largest absolute Gasteiger partial charge is 0.491 e. The Balaban J connectivity index is 2.26. The smallest absolute Gasteiger partial charge is 0.239 e. The molecule has 0 saturated heterocycles. The van der Waals surface area contributed by atoms with Gasteiger partial charge in [0.05, 0.1) is 6.10 Å². The molecule has 1 aromatic carbocycles. The first-order valence-corrected chi connectivity index (χ1v) is 7.18. The second kappa shape index (κ2) is 8.07. The first kappa shape index (κ1) is 16.7. The molecular weight excluding hydrogens is 299 g/mol. The van der Waals surface area contributed by atoms with Crippen molar-refractivity contribution in [2.24, 2.45) is 5.16 Å². The Hall–Kier alpha value is -2.70. The molecule has 0 spiro atoms. The third kappa shape index (κ3) is 4.64. The van der Waals surface area contributed by atoms with Crippen molar-refractivity contribution in [3.8, 4) is 5.75 Å². The van der Waals surface area contributed by atoms with Gasteiger partial charge in [-0.05, 0) is 38.1 Å². The van der Waals surface area contributed by atoms with Crippen LogP contribution < -0.4 is 4.74 Å². The Labute approximate surface area is 134 Å². The molecule has 2 rings (SSSR count). The number of rotatable bonds is 8. The molecule has 2 aromatic rings. The summed E-state index contributed by atoms with van der Waals surface area (Å²) in [7, 11) is 0. The molecule has 0 fully saturated rings. The molecule has 1 heterocycles. The minimum Gasteiger partial charge on any atom is -0.491 e. The molecule has 6 nitrogen and oxygen atoms in total. The van der Waals surface area contributed by atoms with Gasteiger partial charge in [-0.2, -0.15) is 5.10 Å². The molecule has 0 saturated carbocycles. The fourth-order valence-electron chi connectivity index (χ4n) is 1.83. The van der Waals surface area contributed by atoms with E-state index in [4.69, 9.17) is 9.57 Å². The van der Waals surface area contributed by atoms with Crippen LogP contribution in [0.3, 0.4) is 0 Å². The Morgan fingerprint density at radius 2 is 2.13 bits per heavy atom. The van der Waals surface area contributed by atoms with Crippen LogP contribution in [-0.2, 0) is 4.84 Å². The van der Waals surface area contributed by atoms with Crippen LogP contribution in [0.5, 0.6) is 5.75 Å². The van der Waals surface area contributed by atoms with E-state index in [0.29, 0.717) is 11.3 Å². The highest BCUT2D eigenvalue weighted by atomic mass is 19.1. The maximum atomic E-state index is 14.6. The standard InChI is InChI=1S/C16H19FN4O2/c1-4-9-22-20-15(16(17)21-11-18-10-19-21)13-5-7-14(8-6-13)23-12(2)3/h4-8,10-12,16H,1,9H2,2-3H3. The number of halogens is 1. The van der Waals surface area contributed by atoms with Gasteiger partial charge in [-0.3, -0.25) is 0 Å². The highest BCUT2D eigenvalue weighted by Crippen LogP contribution is 2.20. The van der Waals surface area contributed by atoms with Gasteiger partial charge in [0.2, 0.25) is 6.30 Å². The summed E-state index contributed by atoms with van der Waals surface area (Å²) in [5.41, 5.74) is 0.654. The van der Waals surface area contributed by atoms with E-state index < -0.39 is 6.30 Å². The molecule has 23 heavy (non-hydrogen) atoms. The second-order valence-electron chi connectivity index (χ2n) is 4.96. The van der Waals surface area contributed by atoms with Gasteiger partial charge < -0.3 is 9.57 Å². The van der Waals surface area contributed by atoms with Crippen LogP contribution in [0.15, 0.2) is 54.7 Å². The first-order chi connectivity index (χ1) is 11.1. The van der Waals surface area contributed by atoms with E-state index >= 15 is 0 Å². The molecular formula is C16H19FN4O2. The number of hydrogen-bond donors (Lipinski definition) is 0. The summed E-state index contributed by atoms with van der Waals surface area (Å²) in [6, 6.07) is 6.95. The van der Waals surface area contributed by atoms with Gasteiger partial charge in [-0.15, -0.1) is 0 Å². The van der Waals surface area contributed by atoms with Crippen molar-refractivity contribution in [1.29, 1.82) is 0 Å². The third-order valence-electron chi connectivity index (χ3n) is 2.77. The summed E-state index contributed by atoms with van der Waals surface area (Å²) in [4.78, 5) is 8.79. The number of hydrogen-bond acceptors (Lipinski definition) is 5. The van der Waals surface area contributed by atoms with Crippen molar-refractivity contribution in [2.45, 2.75) is 26.2 Å². The minimum atomic E-state index is -1.61. The number of ether oxygens (including phenoxy) is 1. The minimum absolute atomic E-state index is 0.0639. The Morgan fingerprint density at radius 3 is 2.70 bits per heavy atom. The van der Waals surface area contributed by atoms with E-state index in [0.717, 1.165) is 4.68 Å². The summed E-state index contributed by atoms with van der Waals surface area (Å²) >= 11 is 0. The average molecular weight is 318 g/mol. The highest BCUT2D eigenvalue weighted by Gasteiger charge is 2.21. The molecule has 1 unspecified atom stereocenters. The monoisotopic (exact) mass is 318 g/mol. The quantitative estimate of drug-likeness (QED) is 0.325. The number of nitrogens with zero attached hydrogens (tertiary/aromatic N) is 4. The SMILES string of the molecule is C=CCON=C(c1ccc(OC(C)C)cc1)C(F)n1cncn1. The normalized spacial score (nSPS) is 13.0. The summed E-state index contributed by atoms with van der Waals surface area (Å²) in [5.74, 6) is 0.700. The van der Waals surface area contributed by atoms with Crippen molar-refractivity contribution >= 4 is 5.71 Å². The average Bonchev–Trinajstić information content (AvgIpc) is 3.06. The molecule has 122 valence electrons. The van der Waals surface area contributed by atoms with Gasteiger partial charge in [0.15, 0.2) is 0 Å². The first-order valence-electron chi connectivity index (χ1n) is 7.18. The lowest BCUT2D eigenvalue weighted by atomic mass is 10.1. The summed E-state index contributed by atoms with van der Waals surface area (Å²) < 4.78 is 21.3. The number of aromatic nitrogens is 3. The predicted octanol–water partition coefficient (Wildman–Crippen LogP) is 3.14. The lowest BCUT2D eigenvalue weighted by Gasteiger charge is -2.13. The second-order valence-corrected chi connectivity index (χ2v) is 4.96. The van der Waals surface area contributed by atoms with Gasteiger partial charge in [-0.25, -0.2) is 14.1 Å². The van der Waals surface area contributed by atoms with Gasteiger partial charge >= 0.3 is 0 Å². The van der Waals surface area contributed by atoms with Gasteiger partial charge in [0.1, 0.15) is 30.7 Å². The van der Waals surface area contributed by atoms with E-state index in [-0.39, 0.29) is 18.4 Å². The van der Waals surface area contributed by atoms with Gasteiger partial charge in [0, 0.05) is 5.56 Å². The van der Waals surface area contributed by atoms with Crippen LogP contribution in [0.1, 0.15) is 25.7 Å². The van der Waals surface area contributed by atoms with Crippen LogP contribution in [0.4, 0.5) is 4.39 Å². The van der Waals surface area contributed by atoms with Crippen LogP contribution in [0.2, 0.25) is 0 Å². The lowest BCUT2D eigenvalue weighted by Crippen LogP contribution is -2.18. The molecule has 0 amide bonds. The maximum Gasteiger partial charge on any atom is 0.239 e. The molecule has 0 radical (unpaired) electrons. The van der Waals surface area contributed by atoms with Crippen molar-refractivity contribution in [3.05, 3.63) is 55.1 Å². The lowest BCUT2D eigenvalue weighted by molar-refractivity contribution is 0.168. The molecule has 0 aliphatic rings. The van der Waals surface area contributed by atoms with E-state index in [1.807, 2.05) is 13.8 Å².